The van der Waals surface area contributed by atoms with Crippen LogP contribution in [0.15, 0.2) is 66.9 Å². The summed E-state index contributed by atoms with van der Waals surface area (Å²) in [6, 6.07) is 20.3. The van der Waals surface area contributed by atoms with Gasteiger partial charge in [-0.25, -0.2) is 9.78 Å². The standard InChI is InChI=1S/C25H20N4O2/c30-25(27-14-6-5-13-23-21-12-7-15-26-24(21)29-28-23)31-16-22-19-10-3-1-8-17(19)18-9-2-4-11-20(18)22/h1-4,7-12,15,22H,6,14,16H2,(H,27,30)(H,26,28,29). The molecule has 31 heavy (non-hydrogen) atoms. The van der Waals surface area contributed by atoms with Crippen LogP contribution in [0, 0.1) is 11.8 Å². The number of hydrogen-bond donors (Lipinski definition) is 2. The van der Waals surface area contributed by atoms with E-state index in [0.717, 1.165) is 11.1 Å². The van der Waals surface area contributed by atoms with Gasteiger partial charge in [-0.15, -0.1) is 0 Å². The summed E-state index contributed by atoms with van der Waals surface area (Å²) in [5, 5.41) is 10.7. The smallest absolute Gasteiger partial charge is 0.407 e. The van der Waals surface area contributed by atoms with Crippen molar-refractivity contribution >= 4 is 17.1 Å². The van der Waals surface area contributed by atoms with E-state index in [1.807, 2.05) is 36.4 Å². The Balaban J connectivity index is 1.15. The number of rotatable bonds is 4. The molecule has 1 aliphatic carbocycles. The lowest BCUT2D eigenvalue weighted by atomic mass is 9.98. The Morgan fingerprint density at radius 2 is 1.77 bits per heavy atom. The van der Waals surface area contributed by atoms with Gasteiger partial charge in [0.25, 0.3) is 0 Å². The Labute approximate surface area is 179 Å². The molecule has 0 atom stereocenters. The maximum Gasteiger partial charge on any atom is 0.407 e. The lowest BCUT2D eigenvalue weighted by molar-refractivity contribution is 0.143. The van der Waals surface area contributed by atoms with E-state index in [2.05, 4.69) is 56.6 Å². The monoisotopic (exact) mass is 408 g/mol. The minimum atomic E-state index is -0.431. The second kappa shape index (κ2) is 8.33. The minimum absolute atomic E-state index is 0.0558. The quantitative estimate of drug-likeness (QED) is 0.391. The predicted octanol–water partition coefficient (Wildman–Crippen LogP) is 4.24. The summed E-state index contributed by atoms with van der Waals surface area (Å²) in [7, 11) is 0. The summed E-state index contributed by atoms with van der Waals surface area (Å²) in [5.74, 6) is 6.13. The topological polar surface area (TPSA) is 79.9 Å². The number of alkyl carbamates (subject to hydrolysis) is 1. The van der Waals surface area contributed by atoms with E-state index < -0.39 is 6.09 Å². The van der Waals surface area contributed by atoms with E-state index in [4.69, 9.17) is 4.74 Å². The first kappa shape index (κ1) is 18.9. The maximum atomic E-state index is 12.2. The molecule has 0 fully saturated rings. The second-order valence-electron chi connectivity index (χ2n) is 7.28. The molecule has 2 aromatic heterocycles. The molecule has 0 radical (unpaired) electrons. The highest BCUT2D eigenvalue weighted by Gasteiger charge is 2.28. The molecule has 0 saturated heterocycles. The van der Waals surface area contributed by atoms with Crippen LogP contribution in [0.25, 0.3) is 22.2 Å². The van der Waals surface area contributed by atoms with Crippen molar-refractivity contribution in [2.75, 3.05) is 13.2 Å². The van der Waals surface area contributed by atoms with Gasteiger partial charge < -0.3 is 10.1 Å². The molecule has 0 spiro atoms. The number of carbonyl (C=O) groups is 1. The highest BCUT2D eigenvalue weighted by molar-refractivity contribution is 5.80. The van der Waals surface area contributed by atoms with Crippen molar-refractivity contribution < 1.29 is 9.53 Å². The van der Waals surface area contributed by atoms with Crippen LogP contribution < -0.4 is 5.32 Å². The molecule has 2 N–H and O–H groups in total. The normalized spacial score (nSPS) is 12.0. The van der Waals surface area contributed by atoms with Gasteiger partial charge in [0.15, 0.2) is 5.65 Å². The Morgan fingerprint density at radius 1 is 1.03 bits per heavy atom. The molecule has 0 bridgehead atoms. The average molecular weight is 408 g/mol. The maximum absolute atomic E-state index is 12.2. The molecule has 1 aliphatic rings. The van der Waals surface area contributed by atoms with Crippen LogP contribution in [0.3, 0.4) is 0 Å². The number of nitrogens with zero attached hydrogens (tertiary/aromatic N) is 2. The molecule has 2 heterocycles. The predicted molar refractivity (Wildman–Crippen MR) is 118 cm³/mol. The zero-order valence-corrected chi connectivity index (χ0v) is 16.8. The van der Waals surface area contributed by atoms with E-state index in [1.54, 1.807) is 6.20 Å². The number of H-pyrrole nitrogens is 1. The van der Waals surface area contributed by atoms with E-state index >= 15 is 0 Å². The first-order valence-electron chi connectivity index (χ1n) is 10.2. The second-order valence-corrected chi connectivity index (χ2v) is 7.28. The summed E-state index contributed by atoms with van der Waals surface area (Å²) in [6.45, 7) is 0.715. The van der Waals surface area contributed by atoms with E-state index in [1.165, 1.54) is 22.3 Å². The van der Waals surface area contributed by atoms with Crippen molar-refractivity contribution in [3.05, 3.63) is 83.7 Å². The van der Waals surface area contributed by atoms with Crippen molar-refractivity contribution in [2.45, 2.75) is 12.3 Å². The Morgan fingerprint density at radius 3 is 2.55 bits per heavy atom. The van der Waals surface area contributed by atoms with E-state index in [9.17, 15) is 4.79 Å². The van der Waals surface area contributed by atoms with Gasteiger partial charge in [-0.05, 0) is 40.3 Å². The fourth-order valence-corrected chi connectivity index (χ4v) is 3.97. The van der Waals surface area contributed by atoms with Crippen LogP contribution in [0.4, 0.5) is 4.79 Å². The largest absolute Gasteiger partial charge is 0.449 e. The van der Waals surface area contributed by atoms with Gasteiger partial charge in [0.2, 0.25) is 0 Å². The fourth-order valence-electron chi connectivity index (χ4n) is 3.97. The molecule has 5 rings (SSSR count). The number of aromatic nitrogens is 3. The number of pyridine rings is 1. The van der Waals surface area contributed by atoms with Gasteiger partial charge in [0.05, 0.1) is 5.39 Å². The SMILES string of the molecule is O=C(NCCC#Cc1[nH]nc2ncccc12)OCC1c2ccccc2-c2ccccc21. The molecule has 6 heteroatoms. The third-order valence-electron chi connectivity index (χ3n) is 5.41. The number of amides is 1. The van der Waals surface area contributed by atoms with Crippen molar-refractivity contribution in [3.8, 4) is 23.0 Å². The number of ether oxygens (including phenoxy) is 1. The summed E-state index contributed by atoms with van der Waals surface area (Å²) in [5.41, 5.74) is 6.19. The Kier molecular flexibility index (Phi) is 5.07. The van der Waals surface area contributed by atoms with Crippen LogP contribution >= 0.6 is 0 Å². The first-order chi connectivity index (χ1) is 15.3. The van der Waals surface area contributed by atoms with Crippen molar-refractivity contribution in [1.29, 1.82) is 0 Å². The van der Waals surface area contributed by atoms with Crippen LogP contribution in [0.5, 0.6) is 0 Å². The third kappa shape index (κ3) is 3.74. The highest BCUT2D eigenvalue weighted by atomic mass is 16.5. The van der Waals surface area contributed by atoms with Gasteiger partial charge in [0.1, 0.15) is 12.3 Å². The molecule has 2 aromatic carbocycles. The number of carbonyl (C=O) groups excluding carboxylic acids is 1. The average Bonchev–Trinajstić information content (AvgIpc) is 3.37. The number of hydrogen-bond acceptors (Lipinski definition) is 4. The molecule has 0 aliphatic heterocycles. The van der Waals surface area contributed by atoms with Gasteiger partial charge >= 0.3 is 6.09 Å². The van der Waals surface area contributed by atoms with Crippen molar-refractivity contribution in [1.82, 2.24) is 20.5 Å². The molecular formula is C25H20N4O2. The number of benzene rings is 2. The zero-order chi connectivity index (χ0) is 21.0. The van der Waals surface area contributed by atoms with Gasteiger partial charge in [-0.2, -0.15) is 5.10 Å². The van der Waals surface area contributed by atoms with Gasteiger partial charge in [-0.1, -0.05) is 54.5 Å². The van der Waals surface area contributed by atoms with E-state index in [0.29, 0.717) is 25.2 Å². The summed E-state index contributed by atoms with van der Waals surface area (Å²) in [6.07, 6.45) is 1.77. The summed E-state index contributed by atoms with van der Waals surface area (Å²) in [4.78, 5) is 16.4. The van der Waals surface area contributed by atoms with Crippen molar-refractivity contribution in [3.63, 3.8) is 0 Å². The highest BCUT2D eigenvalue weighted by Crippen LogP contribution is 2.44. The van der Waals surface area contributed by atoms with E-state index in [-0.39, 0.29) is 5.92 Å². The molecule has 0 saturated carbocycles. The minimum Gasteiger partial charge on any atom is -0.449 e. The lowest BCUT2D eigenvalue weighted by Crippen LogP contribution is -2.26. The number of aromatic amines is 1. The fraction of sp³-hybridized carbons (Fsp3) is 0.160. The first-order valence-corrected chi connectivity index (χ1v) is 10.2. The molecule has 1 amide bonds. The Bertz CT molecular complexity index is 1270. The van der Waals surface area contributed by atoms with Gasteiger partial charge in [-0.3, -0.25) is 5.10 Å². The van der Waals surface area contributed by atoms with Crippen LogP contribution in [0.1, 0.15) is 29.2 Å². The molecular weight excluding hydrogens is 388 g/mol. The van der Waals surface area contributed by atoms with Crippen molar-refractivity contribution in [2.24, 2.45) is 0 Å². The third-order valence-corrected chi connectivity index (χ3v) is 5.41. The number of fused-ring (bicyclic) bond motifs is 4. The summed E-state index contributed by atoms with van der Waals surface area (Å²) < 4.78 is 5.53. The van der Waals surface area contributed by atoms with Crippen LogP contribution in [-0.2, 0) is 4.74 Å². The molecule has 0 unspecified atom stereocenters. The van der Waals surface area contributed by atoms with Crippen LogP contribution in [-0.4, -0.2) is 34.4 Å². The van der Waals surface area contributed by atoms with Gasteiger partial charge in [0, 0.05) is 25.1 Å². The molecule has 152 valence electrons. The molecule has 4 aromatic rings. The zero-order valence-electron chi connectivity index (χ0n) is 16.8. The molecule has 6 nitrogen and oxygen atoms in total. The number of nitrogens with one attached hydrogen (secondary N) is 2. The summed E-state index contributed by atoms with van der Waals surface area (Å²) >= 11 is 0. The Hall–Kier alpha value is -4.11. The van der Waals surface area contributed by atoms with Crippen LogP contribution in [0.2, 0.25) is 0 Å². The lowest BCUT2D eigenvalue weighted by Gasteiger charge is -2.14.